The van der Waals surface area contributed by atoms with Gasteiger partial charge >= 0.3 is 0 Å². The van der Waals surface area contributed by atoms with Gasteiger partial charge in [-0.05, 0) is 0 Å². The fourth-order valence-corrected chi connectivity index (χ4v) is 0. The van der Waals surface area contributed by atoms with Gasteiger partial charge in [0, 0.05) is 20.4 Å². The largest absolute Gasteiger partial charge is 0.463 e. The molecule has 0 saturated heterocycles. The molecule has 0 spiro atoms. The van der Waals surface area contributed by atoms with Crippen molar-refractivity contribution in [1.29, 1.82) is 5.39 Å². The molecule has 0 unspecified atom stereocenters. The lowest BCUT2D eigenvalue weighted by atomic mass is 11.6. The van der Waals surface area contributed by atoms with E-state index in [-0.39, 0.29) is 6.15 Å². The van der Waals surface area contributed by atoms with Gasteiger partial charge in [0.15, 0.2) is 0 Å². The lowest BCUT2D eigenvalue weighted by molar-refractivity contribution is 0.277. The molecule has 5 heteroatoms. The highest BCUT2D eigenvalue weighted by Gasteiger charge is 1.25. The molecule has 5 nitrogen and oxygen atoms in total. The standard InChI is InChI=1S/C2H6O.N2O.N/c1-3-2;1-2-3;/h1-2H3;;. The molecule has 0 aromatic heterocycles. The van der Waals surface area contributed by atoms with Crippen molar-refractivity contribution in [2.75, 3.05) is 14.2 Å². The van der Waals surface area contributed by atoms with Crippen LogP contribution in [0.1, 0.15) is 0 Å². The molecule has 0 amide bonds. The Kier molecular flexibility index (Phi) is 159. The fourth-order valence-electron chi connectivity index (χ4n) is 0. The molecule has 0 N–H and O–H groups in total. The monoisotopic (exact) mass is 104 g/mol. The van der Waals surface area contributed by atoms with Gasteiger partial charge in [-0.3, -0.25) is 0 Å². The highest BCUT2D eigenvalue weighted by molar-refractivity contribution is 4.43. The third-order valence-electron chi connectivity index (χ3n) is 0. The van der Waals surface area contributed by atoms with Gasteiger partial charge in [-0.25, -0.2) is 0 Å². The topological polar surface area (TPSA) is 90.9 Å². The molecule has 0 fully saturated rings. The van der Waals surface area contributed by atoms with E-state index in [0.29, 0.717) is 0 Å². The van der Waals surface area contributed by atoms with Crippen LogP contribution in [-0.4, -0.2) is 14.2 Å². The number of nitrogens with zero attached hydrogens (tertiary/aromatic N) is 3. The third-order valence-corrected chi connectivity index (χ3v) is 0. The predicted molar refractivity (Wildman–Crippen MR) is 23.5 cm³/mol. The van der Waals surface area contributed by atoms with Crippen molar-refractivity contribution in [2.24, 2.45) is 0 Å². The van der Waals surface area contributed by atoms with Crippen LogP contribution in [0.25, 0.3) is 5.14 Å². The van der Waals surface area contributed by atoms with Gasteiger partial charge in [0.05, 0.1) is 0 Å². The second kappa shape index (κ2) is 67.8. The Bertz CT molecular complexity index is 40.7. The van der Waals surface area contributed by atoms with Crippen molar-refractivity contribution in [3.05, 3.63) is 10.3 Å². The van der Waals surface area contributed by atoms with Crippen LogP contribution in [0.5, 0.6) is 0 Å². The van der Waals surface area contributed by atoms with Gasteiger partial charge in [-0.1, -0.05) is 0 Å². The first kappa shape index (κ1) is 16.5. The quantitative estimate of drug-likeness (QED) is 0.322. The Morgan fingerprint density at radius 1 is 1.57 bits per heavy atom. The van der Waals surface area contributed by atoms with Crippen LogP contribution in [0, 0.1) is 10.6 Å². The van der Waals surface area contributed by atoms with Crippen LogP contribution in [0.4, 0.5) is 0 Å². The van der Waals surface area contributed by atoms with Crippen molar-refractivity contribution in [1.82, 2.24) is 6.15 Å². The van der Waals surface area contributed by atoms with E-state index in [1.807, 2.05) is 0 Å². The van der Waals surface area contributed by atoms with Gasteiger partial charge in [-0.15, -0.1) is 0 Å². The van der Waals surface area contributed by atoms with E-state index in [1.54, 1.807) is 14.2 Å². The Hall–Kier alpha value is -0.860. The Morgan fingerprint density at radius 2 is 1.57 bits per heavy atom. The summed E-state index contributed by atoms with van der Waals surface area (Å²) in [7, 11) is 3.25. The van der Waals surface area contributed by atoms with Crippen molar-refractivity contribution < 1.29 is 4.74 Å². The molecule has 3 radical (unpaired) electrons. The van der Waals surface area contributed by atoms with E-state index < -0.39 is 0 Å². The molecule has 0 saturated carbocycles. The molecule has 41 valence electrons. The molecule has 0 atom stereocenters. The molecule has 7 heavy (non-hydrogen) atoms. The van der Waals surface area contributed by atoms with Crippen LogP contribution >= 0.6 is 0 Å². The van der Waals surface area contributed by atoms with Gasteiger partial charge in [0.2, 0.25) is 10.5 Å². The second-order valence-electron chi connectivity index (χ2n) is 0.490. The molecule has 0 rings (SSSR count). The second-order valence-corrected chi connectivity index (χ2v) is 0.490. The molecule has 0 aliphatic carbocycles. The lowest BCUT2D eigenvalue weighted by Gasteiger charge is -1.61. The van der Waals surface area contributed by atoms with Crippen molar-refractivity contribution in [3.8, 4) is 0 Å². The van der Waals surface area contributed by atoms with Gasteiger partial charge in [0.1, 0.15) is 0 Å². The number of hydrogen-bond acceptors (Lipinski definition) is 3. The number of rotatable bonds is 0. The van der Waals surface area contributed by atoms with Gasteiger partial charge in [0.25, 0.3) is 0 Å². The molecule has 0 heterocycles. The highest BCUT2D eigenvalue weighted by Crippen LogP contribution is 1.32. The molecule has 0 aromatic carbocycles. The first-order valence-corrected chi connectivity index (χ1v) is 1.20. The number of diazo groups is 1. The predicted octanol–water partition coefficient (Wildman–Crippen LogP) is 0.119. The summed E-state index contributed by atoms with van der Waals surface area (Å²) in [5.74, 6) is 0. The summed E-state index contributed by atoms with van der Waals surface area (Å²) in [5, 5.41) is 16.0. The number of ether oxygens (including phenoxy) is 1. The highest BCUT2D eigenvalue weighted by atomic mass is 16.4. The van der Waals surface area contributed by atoms with E-state index in [4.69, 9.17) is 10.6 Å². The van der Waals surface area contributed by atoms with Crippen LogP contribution in [0.2, 0.25) is 0 Å². The van der Waals surface area contributed by atoms with Crippen LogP contribution in [0.3, 0.4) is 0 Å². The summed E-state index contributed by atoms with van der Waals surface area (Å²) in [6, 6.07) is 0. The Balaban J connectivity index is -0.0000000400. The maximum absolute atomic E-state index is 8.11. The van der Waals surface area contributed by atoms with E-state index in [2.05, 4.69) is 4.74 Å². The maximum Gasteiger partial charge on any atom is 0.237 e. The zero-order valence-corrected chi connectivity index (χ0v) is 4.16. The van der Waals surface area contributed by atoms with Crippen LogP contribution < -0.4 is 6.15 Å². The third kappa shape index (κ3) is 68.5. The average Bonchev–Trinajstić information content (AvgIpc) is 1.39. The summed E-state index contributed by atoms with van der Waals surface area (Å²) in [5.41, 5.74) is 0. The maximum atomic E-state index is 8.11. The van der Waals surface area contributed by atoms with Gasteiger partial charge < -0.3 is 9.94 Å². The zero-order valence-electron chi connectivity index (χ0n) is 4.16. The fraction of sp³-hybridized carbons (Fsp3) is 1.00. The molecule has 0 aliphatic rings. The number of methoxy groups -OCH3 is 1. The molecule has 0 bridgehead atoms. The summed E-state index contributed by atoms with van der Waals surface area (Å²) < 4.78 is 4.25. The number of hydrogen-bond donors (Lipinski definition) is 0. The SMILES string of the molecule is COC.N#[N+][O-].[N]. The molecular formula is C2H6N3O2. The summed E-state index contributed by atoms with van der Waals surface area (Å²) >= 11 is 0. The van der Waals surface area contributed by atoms with Crippen molar-refractivity contribution in [2.45, 2.75) is 0 Å². The van der Waals surface area contributed by atoms with E-state index in [0.717, 1.165) is 0 Å². The van der Waals surface area contributed by atoms with Crippen LogP contribution in [0.15, 0.2) is 0 Å². The van der Waals surface area contributed by atoms with E-state index in [1.165, 1.54) is 5.14 Å². The van der Waals surface area contributed by atoms with Crippen molar-refractivity contribution in [3.63, 3.8) is 0 Å². The normalized spacial score (nSPS) is 3.57. The van der Waals surface area contributed by atoms with Crippen LogP contribution in [-0.2, 0) is 4.74 Å². The first-order chi connectivity index (χ1) is 2.83. The molecule has 0 aromatic rings. The Morgan fingerprint density at radius 3 is 1.57 bits per heavy atom. The average molecular weight is 104 g/mol. The van der Waals surface area contributed by atoms with Crippen molar-refractivity contribution >= 4 is 0 Å². The summed E-state index contributed by atoms with van der Waals surface area (Å²) in [6.45, 7) is 0. The first-order valence-electron chi connectivity index (χ1n) is 1.20. The smallest absolute Gasteiger partial charge is 0.237 e. The minimum absolute atomic E-state index is 0. The van der Waals surface area contributed by atoms with E-state index in [9.17, 15) is 0 Å². The molecular weight excluding hydrogens is 98.0 g/mol. The minimum atomic E-state index is 0. The summed E-state index contributed by atoms with van der Waals surface area (Å²) in [6.07, 6.45) is 0. The molecule has 0 aliphatic heterocycles. The van der Waals surface area contributed by atoms with Gasteiger partial charge in [-0.2, -0.15) is 0 Å². The lowest BCUT2D eigenvalue weighted by Crippen LogP contribution is -1.55. The Labute approximate surface area is 42.1 Å². The minimum Gasteiger partial charge on any atom is -0.463 e. The zero-order chi connectivity index (χ0) is 5.41. The van der Waals surface area contributed by atoms with E-state index >= 15 is 0 Å². The summed E-state index contributed by atoms with van der Waals surface area (Å²) in [4.78, 5) is 0.